The van der Waals surface area contributed by atoms with Crippen LogP contribution in [0, 0.1) is 0 Å². The van der Waals surface area contributed by atoms with Crippen LogP contribution in [0.25, 0.3) is 0 Å². The van der Waals surface area contributed by atoms with E-state index in [9.17, 15) is 14.4 Å². The SMILES string of the molecule is CCCNC(=O)c1ccc(NC(=O)c2ccc(=O)[nH]c2)cc1Cl. The van der Waals surface area contributed by atoms with Crippen molar-refractivity contribution in [1.82, 2.24) is 10.3 Å². The molecule has 0 saturated heterocycles. The van der Waals surface area contributed by atoms with Crippen LogP contribution in [0.3, 0.4) is 0 Å². The van der Waals surface area contributed by atoms with E-state index in [1.165, 1.54) is 24.4 Å². The molecule has 0 unspecified atom stereocenters. The Labute approximate surface area is 137 Å². The van der Waals surface area contributed by atoms with E-state index in [4.69, 9.17) is 11.6 Å². The number of amides is 2. The summed E-state index contributed by atoms with van der Waals surface area (Å²) in [5.74, 6) is -0.643. The standard InChI is InChI=1S/C16H16ClN3O3/c1-2-7-18-16(23)12-5-4-11(8-13(12)17)20-15(22)10-3-6-14(21)19-9-10/h3-6,8-9H,2,7H2,1H3,(H,18,23)(H,19,21)(H,20,22). The summed E-state index contributed by atoms with van der Waals surface area (Å²) >= 11 is 6.09. The van der Waals surface area contributed by atoms with E-state index in [2.05, 4.69) is 15.6 Å². The van der Waals surface area contributed by atoms with Crippen molar-refractivity contribution in [3.05, 3.63) is 63.0 Å². The van der Waals surface area contributed by atoms with Crippen LogP contribution in [0.2, 0.25) is 5.02 Å². The Morgan fingerprint density at radius 2 is 1.96 bits per heavy atom. The number of rotatable bonds is 5. The van der Waals surface area contributed by atoms with E-state index >= 15 is 0 Å². The lowest BCUT2D eigenvalue weighted by Gasteiger charge is -2.09. The summed E-state index contributed by atoms with van der Waals surface area (Å²) in [7, 11) is 0. The smallest absolute Gasteiger partial charge is 0.257 e. The number of nitrogens with one attached hydrogen (secondary N) is 3. The number of pyridine rings is 1. The molecule has 0 saturated carbocycles. The topological polar surface area (TPSA) is 91.1 Å². The highest BCUT2D eigenvalue weighted by atomic mass is 35.5. The molecule has 0 spiro atoms. The summed E-state index contributed by atoms with van der Waals surface area (Å²) in [6.07, 6.45) is 2.16. The first kappa shape index (κ1) is 16.8. The molecule has 3 N–H and O–H groups in total. The van der Waals surface area contributed by atoms with Gasteiger partial charge in [0, 0.05) is 24.5 Å². The molecule has 0 radical (unpaired) electrons. The average molecular weight is 334 g/mol. The predicted molar refractivity (Wildman–Crippen MR) is 89.1 cm³/mol. The van der Waals surface area contributed by atoms with E-state index in [0.29, 0.717) is 23.4 Å². The van der Waals surface area contributed by atoms with Crippen molar-refractivity contribution in [1.29, 1.82) is 0 Å². The molecular formula is C16H16ClN3O3. The lowest BCUT2D eigenvalue weighted by atomic mass is 10.1. The van der Waals surface area contributed by atoms with Crippen LogP contribution in [0.5, 0.6) is 0 Å². The average Bonchev–Trinajstić information content (AvgIpc) is 2.53. The first-order valence-electron chi connectivity index (χ1n) is 7.09. The van der Waals surface area contributed by atoms with Crippen LogP contribution < -0.4 is 16.2 Å². The van der Waals surface area contributed by atoms with Crippen molar-refractivity contribution in [3.63, 3.8) is 0 Å². The second kappa shape index (κ2) is 7.60. The molecule has 6 nitrogen and oxygen atoms in total. The number of hydrogen-bond donors (Lipinski definition) is 3. The minimum absolute atomic E-state index is 0.248. The molecule has 1 aromatic carbocycles. The first-order chi connectivity index (χ1) is 11.0. The molecule has 1 aromatic heterocycles. The van der Waals surface area contributed by atoms with E-state index < -0.39 is 0 Å². The fourth-order valence-corrected chi connectivity index (χ4v) is 2.13. The van der Waals surface area contributed by atoms with Gasteiger partial charge in [-0.15, -0.1) is 0 Å². The summed E-state index contributed by atoms with van der Waals surface area (Å²) < 4.78 is 0. The molecule has 0 bridgehead atoms. The molecule has 2 amide bonds. The Bertz CT molecular complexity index is 766. The summed E-state index contributed by atoms with van der Waals surface area (Å²) in [5, 5.41) is 5.64. The van der Waals surface area contributed by atoms with Gasteiger partial charge in [0.2, 0.25) is 5.56 Å². The van der Waals surface area contributed by atoms with Crippen LogP contribution in [0.4, 0.5) is 5.69 Å². The van der Waals surface area contributed by atoms with E-state index in [0.717, 1.165) is 6.42 Å². The molecule has 0 aliphatic rings. The van der Waals surface area contributed by atoms with Gasteiger partial charge in [-0.1, -0.05) is 18.5 Å². The minimum atomic E-state index is -0.388. The lowest BCUT2D eigenvalue weighted by molar-refractivity contribution is 0.0953. The number of aromatic amines is 1. The molecule has 0 fully saturated rings. The number of H-pyrrole nitrogens is 1. The monoisotopic (exact) mass is 333 g/mol. The second-order valence-electron chi connectivity index (χ2n) is 4.85. The number of carbonyl (C=O) groups excluding carboxylic acids is 2. The van der Waals surface area contributed by atoms with Gasteiger partial charge in [0.25, 0.3) is 11.8 Å². The number of hydrogen-bond acceptors (Lipinski definition) is 3. The second-order valence-corrected chi connectivity index (χ2v) is 5.25. The number of anilines is 1. The van der Waals surface area contributed by atoms with Crippen molar-refractivity contribution in [2.45, 2.75) is 13.3 Å². The molecule has 2 aromatic rings. The maximum absolute atomic E-state index is 12.0. The molecular weight excluding hydrogens is 318 g/mol. The van der Waals surface area contributed by atoms with Gasteiger partial charge in [0.1, 0.15) is 0 Å². The minimum Gasteiger partial charge on any atom is -0.352 e. The summed E-state index contributed by atoms with van der Waals surface area (Å²) in [6.45, 7) is 2.52. The fraction of sp³-hybridized carbons (Fsp3) is 0.188. The molecule has 0 aliphatic heterocycles. The van der Waals surface area contributed by atoms with Gasteiger partial charge >= 0.3 is 0 Å². The summed E-state index contributed by atoms with van der Waals surface area (Å²) in [6, 6.07) is 7.34. The third-order valence-corrected chi connectivity index (χ3v) is 3.37. The van der Waals surface area contributed by atoms with Crippen molar-refractivity contribution in [2.24, 2.45) is 0 Å². The van der Waals surface area contributed by atoms with Crippen molar-refractivity contribution in [2.75, 3.05) is 11.9 Å². The third kappa shape index (κ3) is 4.43. The Morgan fingerprint density at radius 3 is 2.57 bits per heavy atom. The highest BCUT2D eigenvalue weighted by Gasteiger charge is 2.12. The van der Waals surface area contributed by atoms with Gasteiger partial charge in [-0.2, -0.15) is 0 Å². The molecule has 2 rings (SSSR count). The summed E-state index contributed by atoms with van der Waals surface area (Å²) in [5.41, 5.74) is 0.831. The lowest BCUT2D eigenvalue weighted by Crippen LogP contribution is -2.24. The van der Waals surface area contributed by atoms with E-state index in [-0.39, 0.29) is 22.4 Å². The molecule has 120 valence electrons. The summed E-state index contributed by atoms with van der Waals surface area (Å²) in [4.78, 5) is 37.3. The van der Waals surface area contributed by atoms with Gasteiger partial charge in [-0.05, 0) is 30.7 Å². The Balaban J connectivity index is 2.11. The van der Waals surface area contributed by atoms with Gasteiger partial charge in [0.05, 0.1) is 16.1 Å². The van der Waals surface area contributed by atoms with Gasteiger partial charge in [-0.3, -0.25) is 14.4 Å². The van der Waals surface area contributed by atoms with E-state index in [1.807, 2.05) is 6.92 Å². The Hall–Kier alpha value is -2.60. The van der Waals surface area contributed by atoms with Gasteiger partial charge in [0.15, 0.2) is 0 Å². The number of carbonyl (C=O) groups is 2. The van der Waals surface area contributed by atoms with Gasteiger partial charge in [-0.25, -0.2) is 0 Å². The van der Waals surface area contributed by atoms with Crippen LogP contribution in [-0.2, 0) is 0 Å². The van der Waals surface area contributed by atoms with Crippen LogP contribution in [-0.4, -0.2) is 23.3 Å². The van der Waals surface area contributed by atoms with E-state index in [1.54, 1.807) is 12.1 Å². The zero-order chi connectivity index (χ0) is 16.8. The quantitative estimate of drug-likeness (QED) is 0.784. The normalized spacial score (nSPS) is 10.2. The largest absolute Gasteiger partial charge is 0.352 e. The first-order valence-corrected chi connectivity index (χ1v) is 7.47. The van der Waals surface area contributed by atoms with Crippen molar-refractivity contribution in [3.8, 4) is 0 Å². The van der Waals surface area contributed by atoms with Gasteiger partial charge < -0.3 is 15.6 Å². The zero-order valence-corrected chi connectivity index (χ0v) is 13.2. The van der Waals surface area contributed by atoms with Crippen molar-refractivity contribution >= 4 is 29.1 Å². The number of benzene rings is 1. The van der Waals surface area contributed by atoms with Crippen LogP contribution in [0.1, 0.15) is 34.1 Å². The van der Waals surface area contributed by atoms with Crippen molar-refractivity contribution < 1.29 is 9.59 Å². The third-order valence-electron chi connectivity index (χ3n) is 3.05. The molecule has 0 aliphatic carbocycles. The maximum Gasteiger partial charge on any atom is 0.257 e. The molecule has 1 heterocycles. The number of aromatic nitrogens is 1. The highest BCUT2D eigenvalue weighted by molar-refractivity contribution is 6.34. The number of halogens is 1. The molecule has 23 heavy (non-hydrogen) atoms. The maximum atomic E-state index is 12.0. The van der Waals surface area contributed by atoms with Crippen LogP contribution in [0.15, 0.2) is 41.3 Å². The Morgan fingerprint density at radius 1 is 1.17 bits per heavy atom. The van der Waals surface area contributed by atoms with Crippen LogP contribution >= 0.6 is 11.6 Å². The molecule has 0 atom stereocenters. The highest BCUT2D eigenvalue weighted by Crippen LogP contribution is 2.21. The Kier molecular flexibility index (Phi) is 5.54. The zero-order valence-electron chi connectivity index (χ0n) is 12.5. The molecule has 7 heteroatoms. The predicted octanol–water partition coefficient (Wildman–Crippen LogP) is 2.42. The fourth-order valence-electron chi connectivity index (χ4n) is 1.87.